The molecule has 0 aliphatic carbocycles. The van der Waals surface area contributed by atoms with Crippen molar-refractivity contribution in [1.29, 1.82) is 0 Å². The summed E-state index contributed by atoms with van der Waals surface area (Å²) in [7, 11) is 0.834. The van der Waals surface area contributed by atoms with Gasteiger partial charge >= 0.3 is 0 Å². The van der Waals surface area contributed by atoms with Gasteiger partial charge in [-0.1, -0.05) is 17.4 Å². The van der Waals surface area contributed by atoms with Gasteiger partial charge in [-0.2, -0.15) is 9.30 Å². The predicted molar refractivity (Wildman–Crippen MR) is 142 cm³/mol. The molecule has 0 fully saturated rings. The smallest absolute Gasteiger partial charge is 0.279 e. The number of rotatable bonds is 14. The predicted octanol–water partition coefficient (Wildman–Crippen LogP) is 2.77. The lowest BCUT2D eigenvalue weighted by Gasteiger charge is -2.21. The average molecular weight is 552 g/mol. The second-order valence-electron chi connectivity index (χ2n) is 7.87. The highest BCUT2D eigenvalue weighted by Gasteiger charge is 2.24. The topological polar surface area (TPSA) is 109 Å². The summed E-state index contributed by atoms with van der Waals surface area (Å²) in [6.45, 7) is 4.33. The van der Waals surface area contributed by atoms with Gasteiger partial charge in [-0.05, 0) is 43.3 Å². The first-order chi connectivity index (χ1) is 17.9. The maximum atomic E-state index is 13.1. The summed E-state index contributed by atoms with van der Waals surface area (Å²) < 4.78 is 51.5. The lowest BCUT2D eigenvalue weighted by molar-refractivity contribution is 0.0996. The van der Waals surface area contributed by atoms with Crippen molar-refractivity contribution in [3.63, 3.8) is 0 Å². The van der Waals surface area contributed by atoms with Gasteiger partial charge in [0.15, 0.2) is 4.80 Å². The van der Waals surface area contributed by atoms with Crippen LogP contribution < -0.4 is 9.54 Å². The standard InChI is InChI=1S/C25H33N3O7S2/c1-5-35-18-15-28-23-21(34-4)7-6-8-22(23)36-25(28)26-24(29)19-9-11-20(12-10-19)37(30,31)27(13-16-32-2)14-17-33-3/h6-12H,5,13-18H2,1-4H3. The molecular weight excluding hydrogens is 518 g/mol. The lowest BCUT2D eigenvalue weighted by atomic mass is 10.2. The highest BCUT2D eigenvalue weighted by molar-refractivity contribution is 7.89. The van der Waals surface area contributed by atoms with E-state index in [1.54, 1.807) is 7.11 Å². The van der Waals surface area contributed by atoms with E-state index in [9.17, 15) is 13.2 Å². The van der Waals surface area contributed by atoms with E-state index in [0.717, 1.165) is 10.2 Å². The summed E-state index contributed by atoms with van der Waals surface area (Å²) in [4.78, 5) is 18.0. The van der Waals surface area contributed by atoms with Crippen LogP contribution >= 0.6 is 11.3 Å². The van der Waals surface area contributed by atoms with Gasteiger partial charge in [0, 0.05) is 46.0 Å². The van der Waals surface area contributed by atoms with E-state index in [0.29, 0.717) is 30.3 Å². The fourth-order valence-corrected chi connectivity index (χ4v) is 6.14. The van der Waals surface area contributed by atoms with E-state index in [1.807, 2.05) is 29.7 Å². The molecule has 0 unspecified atom stereocenters. The molecule has 0 atom stereocenters. The molecule has 0 bridgehead atoms. The molecule has 12 heteroatoms. The monoisotopic (exact) mass is 551 g/mol. The minimum absolute atomic E-state index is 0.0784. The summed E-state index contributed by atoms with van der Waals surface area (Å²) in [6.07, 6.45) is 0. The minimum Gasteiger partial charge on any atom is -0.495 e. The Morgan fingerprint density at radius 1 is 1.00 bits per heavy atom. The van der Waals surface area contributed by atoms with E-state index < -0.39 is 15.9 Å². The Morgan fingerprint density at radius 3 is 2.27 bits per heavy atom. The zero-order valence-electron chi connectivity index (χ0n) is 21.5. The molecular formula is C25H33N3O7S2. The number of para-hydroxylation sites is 1. The molecule has 37 heavy (non-hydrogen) atoms. The Labute approximate surface area is 221 Å². The number of hydrogen-bond acceptors (Lipinski definition) is 8. The summed E-state index contributed by atoms with van der Waals surface area (Å²) in [6, 6.07) is 11.5. The van der Waals surface area contributed by atoms with Crippen molar-refractivity contribution in [1.82, 2.24) is 8.87 Å². The van der Waals surface area contributed by atoms with E-state index in [1.165, 1.54) is 54.1 Å². The first-order valence-corrected chi connectivity index (χ1v) is 14.0. The number of hydrogen-bond donors (Lipinski definition) is 0. The van der Waals surface area contributed by atoms with Gasteiger partial charge in [0.1, 0.15) is 11.3 Å². The Balaban J connectivity index is 1.93. The molecule has 1 heterocycles. The maximum absolute atomic E-state index is 13.1. The molecule has 3 rings (SSSR count). The first kappa shape index (κ1) is 29.0. The Morgan fingerprint density at radius 2 is 1.68 bits per heavy atom. The third-order valence-electron chi connectivity index (χ3n) is 5.57. The zero-order chi connectivity index (χ0) is 26.8. The van der Waals surface area contributed by atoms with Gasteiger partial charge < -0.3 is 23.5 Å². The van der Waals surface area contributed by atoms with Crippen LogP contribution in [0.4, 0.5) is 0 Å². The quantitative estimate of drug-likeness (QED) is 0.284. The van der Waals surface area contributed by atoms with Crippen LogP contribution in [0.2, 0.25) is 0 Å². The van der Waals surface area contributed by atoms with E-state index >= 15 is 0 Å². The summed E-state index contributed by atoms with van der Waals surface area (Å²) in [5.41, 5.74) is 1.12. The molecule has 0 saturated heterocycles. The van der Waals surface area contributed by atoms with Crippen LogP contribution in [0.5, 0.6) is 5.75 Å². The molecule has 2 aromatic carbocycles. The third-order valence-corrected chi connectivity index (χ3v) is 8.53. The number of fused-ring (bicyclic) bond motifs is 1. The van der Waals surface area contributed by atoms with Crippen LogP contribution in [-0.4, -0.2) is 84.0 Å². The molecule has 0 saturated carbocycles. The van der Waals surface area contributed by atoms with Crippen LogP contribution in [0.25, 0.3) is 10.2 Å². The molecule has 0 N–H and O–H groups in total. The average Bonchev–Trinajstić information content (AvgIpc) is 3.25. The number of sulfonamides is 1. The molecule has 3 aromatic rings. The third kappa shape index (κ3) is 7.03. The lowest BCUT2D eigenvalue weighted by Crippen LogP contribution is -2.36. The molecule has 0 aliphatic heterocycles. The Hall–Kier alpha value is -2.61. The molecule has 0 radical (unpaired) electrons. The van der Waals surface area contributed by atoms with Crippen molar-refractivity contribution in [3.8, 4) is 5.75 Å². The first-order valence-electron chi connectivity index (χ1n) is 11.8. The highest BCUT2D eigenvalue weighted by Crippen LogP contribution is 2.27. The maximum Gasteiger partial charge on any atom is 0.279 e. The molecule has 1 aromatic heterocycles. The van der Waals surface area contributed by atoms with Gasteiger partial charge in [0.05, 0.1) is 36.5 Å². The van der Waals surface area contributed by atoms with E-state index in [2.05, 4.69) is 4.99 Å². The molecule has 0 aliphatic rings. The fourth-order valence-electron chi connectivity index (χ4n) is 3.66. The van der Waals surface area contributed by atoms with Gasteiger partial charge in [0.25, 0.3) is 5.91 Å². The van der Waals surface area contributed by atoms with Gasteiger partial charge in [-0.3, -0.25) is 4.79 Å². The molecule has 0 spiro atoms. The largest absolute Gasteiger partial charge is 0.495 e. The van der Waals surface area contributed by atoms with E-state index in [4.69, 9.17) is 18.9 Å². The second kappa shape index (κ2) is 13.8. The van der Waals surface area contributed by atoms with Gasteiger partial charge in [-0.15, -0.1) is 0 Å². The highest BCUT2D eigenvalue weighted by atomic mass is 32.2. The number of nitrogens with zero attached hydrogens (tertiary/aromatic N) is 3. The normalized spacial score (nSPS) is 12.5. The molecule has 1 amide bonds. The number of thiazole rings is 1. The van der Waals surface area contributed by atoms with Crippen LogP contribution in [0.15, 0.2) is 52.4 Å². The van der Waals surface area contributed by atoms with Crippen LogP contribution in [0, 0.1) is 0 Å². The van der Waals surface area contributed by atoms with Crippen LogP contribution in [0.3, 0.4) is 0 Å². The number of aromatic nitrogens is 1. The fraction of sp³-hybridized carbons (Fsp3) is 0.440. The molecule has 10 nitrogen and oxygen atoms in total. The number of carbonyl (C=O) groups is 1. The minimum atomic E-state index is -3.79. The number of amides is 1. The number of benzene rings is 2. The van der Waals surface area contributed by atoms with Crippen molar-refractivity contribution in [3.05, 3.63) is 52.8 Å². The summed E-state index contributed by atoms with van der Waals surface area (Å²) in [5, 5.41) is 0. The van der Waals surface area contributed by atoms with Crippen molar-refractivity contribution in [2.75, 3.05) is 60.8 Å². The van der Waals surface area contributed by atoms with Crippen molar-refractivity contribution in [2.24, 2.45) is 4.99 Å². The van der Waals surface area contributed by atoms with Gasteiger partial charge in [-0.25, -0.2) is 8.42 Å². The number of methoxy groups -OCH3 is 3. The Kier molecular flexibility index (Phi) is 10.8. The van der Waals surface area contributed by atoms with Crippen molar-refractivity contribution in [2.45, 2.75) is 18.4 Å². The van der Waals surface area contributed by atoms with Gasteiger partial charge in [0.2, 0.25) is 10.0 Å². The number of ether oxygens (including phenoxy) is 4. The zero-order valence-corrected chi connectivity index (χ0v) is 23.1. The summed E-state index contributed by atoms with van der Waals surface area (Å²) in [5.74, 6) is 0.204. The molecule has 202 valence electrons. The SMILES string of the molecule is CCOCCn1c(=NC(=O)c2ccc(S(=O)(=O)N(CCOC)CCOC)cc2)sc2cccc(OC)c21. The van der Waals surface area contributed by atoms with Crippen LogP contribution in [-0.2, 0) is 30.8 Å². The van der Waals surface area contributed by atoms with Crippen molar-refractivity contribution >= 4 is 37.5 Å². The Bertz CT molecular complexity index is 1340. The second-order valence-corrected chi connectivity index (χ2v) is 10.8. The van der Waals surface area contributed by atoms with Crippen LogP contribution in [0.1, 0.15) is 17.3 Å². The number of carbonyl (C=O) groups excluding carboxylic acids is 1. The van der Waals surface area contributed by atoms with E-state index in [-0.39, 0.29) is 36.8 Å². The summed E-state index contributed by atoms with van der Waals surface area (Å²) >= 11 is 1.37. The van der Waals surface area contributed by atoms with Crippen molar-refractivity contribution < 1.29 is 32.2 Å².